The molecule has 2 aromatic carbocycles. The van der Waals surface area contributed by atoms with Gasteiger partial charge in [-0.2, -0.15) is 0 Å². The van der Waals surface area contributed by atoms with Crippen LogP contribution < -0.4 is 15.5 Å². The number of anilines is 2. The summed E-state index contributed by atoms with van der Waals surface area (Å²) >= 11 is 0. The topological polar surface area (TPSA) is 56.0 Å². The van der Waals surface area contributed by atoms with Crippen LogP contribution in [0.25, 0.3) is 16.6 Å². The number of hydrogen-bond acceptors (Lipinski definition) is 4. The number of hydrogen-bond donors (Lipinski definition) is 3. The molecule has 5 rings (SSSR count). The Morgan fingerprint density at radius 3 is 2.62 bits per heavy atom. The van der Waals surface area contributed by atoms with E-state index in [1.807, 2.05) is 25.4 Å². The van der Waals surface area contributed by atoms with Crippen LogP contribution >= 0.6 is 0 Å². The molecule has 5 nitrogen and oxygen atoms in total. The van der Waals surface area contributed by atoms with E-state index >= 15 is 0 Å². The van der Waals surface area contributed by atoms with Gasteiger partial charge < -0.3 is 20.5 Å². The first-order valence-corrected chi connectivity index (χ1v) is 14.4. The molecule has 2 aromatic heterocycles. The van der Waals surface area contributed by atoms with Gasteiger partial charge in [-0.1, -0.05) is 61.2 Å². The molecule has 40 heavy (non-hydrogen) atoms. The van der Waals surface area contributed by atoms with Crippen molar-refractivity contribution in [2.24, 2.45) is 0 Å². The Morgan fingerprint density at radius 2 is 1.88 bits per heavy atom. The monoisotopic (exact) mass is 531 g/mol. The second-order valence-corrected chi connectivity index (χ2v) is 10.5. The van der Waals surface area contributed by atoms with Gasteiger partial charge in [0.2, 0.25) is 0 Å². The van der Waals surface area contributed by atoms with Gasteiger partial charge in [-0.15, -0.1) is 0 Å². The van der Waals surface area contributed by atoms with E-state index in [0.717, 1.165) is 49.5 Å². The molecule has 0 unspecified atom stereocenters. The van der Waals surface area contributed by atoms with Gasteiger partial charge in [0.05, 0.1) is 0 Å². The van der Waals surface area contributed by atoms with Crippen LogP contribution in [0.3, 0.4) is 0 Å². The van der Waals surface area contributed by atoms with E-state index in [9.17, 15) is 0 Å². The molecule has 4 aromatic rings. The van der Waals surface area contributed by atoms with Crippen molar-refractivity contribution >= 4 is 28.0 Å². The third-order valence-corrected chi connectivity index (χ3v) is 7.77. The second kappa shape index (κ2) is 13.3. The molecule has 1 aliphatic rings. The lowest BCUT2D eigenvalue weighted by molar-refractivity contribution is 0.579. The van der Waals surface area contributed by atoms with Crippen molar-refractivity contribution in [3.05, 3.63) is 120 Å². The van der Waals surface area contributed by atoms with Gasteiger partial charge >= 0.3 is 0 Å². The van der Waals surface area contributed by atoms with Crippen molar-refractivity contribution in [1.82, 2.24) is 15.3 Å². The molecular weight excluding hydrogens is 490 g/mol. The van der Waals surface area contributed by atoms with E-state index in [0.29, 0.717) is 0 Å². The van der Waals surface area contributed by atoms with Crippen molar-refractivity contribution < 1.29 is 0 Å². The Bertz CT molecular complexity index is 1490. The van der Waals surface area contributed by atoms with Gasteiger partial charge in [0, 0.05) is 68.3 Å². The Kier molecular flexibility index (Phi) is 9.15. The minimum atomic E-state index is 0.763. The number of allylic oxidation sites excluding steroid dienone is 3. The SMILES string of the molecule is C=C/C(=C\C(=C/C)c1ccc(NC)c(Cc2cc3c(N4CCCCC4)ccnc3[nH]2)c1)CNCc1ccccc1. The van der Waals surface area contributed by atoms with Gasteiger partial charge in [0.15, 0.2) is 0 Å². The number of H-pyrrole nitrogens is 1. The third-order valence-electron chi connectivity index (χ3n) is 7.77. The highest BCUT2D eigenvalue weighted by Gasteiger charge is 2.16. The largest absolute Gasteiger partial charge is 0.388 e. The molecule has 0 amide bonds. The minimum absolute atomic E-state index is 0.763. The van der Waals surface area contributed by atoms with E-state index in [1.165, 1.54) is 58.3 Å². The van der Waals surface area contributed by atoms with Gasteiger partial charge in [0.25, 0.3) is 0 Å². The molecule has 3 N–H and O–H groups in total. The van der Waals surface area contributed by atoms with Crippen LogP contribution in [0.4, 0.5) is 11.4 Å². The molecule has 0 saturated carbocycles. The predicted molar refractivity (Wildman–Crippen MR) is 171 cm³/mol. The highest BCUT2D eigenvalue weighted by Crippen LogP contribution is 2.31. The zero-order valence-electron chi connectivity index (χ0n) is 23.8. The molecule has 1 saturated heterocycles. The first-order valence-electron chi connectivity index (χ1n) is 14.4. The van der Waals surface area contributed by atoms with Crippen LogP contribution in [0.1, 0.15) is 48.6 Å². The Hall–Kier alpha value is -4.09. The average molecular weight is 532 g/mol. The number of piperidine rings is 1. The van der Waals surface area contributed by atoms with Crippen LogP contribution in [0.5, 0.6) is 0 Å². The summed E-state index contributed by atoms with van der Waals surface area (Å²) in [5, 5.41) is 8.16. The van der Waals surface area contributed by atoms with Crippen LogP contribution in [0.2, 0.25) is 0 Å². The van der Waals surface area contributed by atoms with Gasteiger partial charge in [-0.3, -0.25) is 0 Å². The quantitative estimate of drug-likeness (QED) is 0.176. The Morgan fingerprint density at radius 1 is 1.05 bits per heavy atom. The molecule has 3 heterocycles. The summed E-state index contributed by atoms with van der Waals surface area (Å²) in [7, 11) is 1.99. The van der Waals surface area contributed by atoms with E-state index in [4.69, 9.17) is 0 Å². The van der Waals surface area contributed by atoms with Crippen molar-refractivity contribution in [1.29, 1.82) is 0 Å². The highest BCUT2D eigenvalue weighted by molar-refractivity contribution is 5.90. The number of nitrogens with zero attached hydrogens (tertiary/aromatic N) is 2. The van der Waals surface area contributed by atoms with Crippen molar-refractivity contribution in [2.45, 2.75) is 39.2 Å². The van der Waals surface area contributed by atoms with E-state index in [1.54, 1.807) is 0 Å². The number of rotatable bonds is 11. The predicted octanol–water partition coefficient (Wildman–Crippen LogP) is 7.49. The molecule has 0 spiro atoms. The first-order chi connectivity index (χ1) is 19.7. The first kappa shape index (κ1) is 27.5. The Balaban J connectivity index is 1.36. The third kappa shape index (κ3) is 6.54. The fourth-order valence-corrected chi connectivity index (χ4v) is 5.60. The fraction of sp³-hybridized carbons (Fsp3) is 0.286. The second-order valence-electron chi connectivity index (χ2n) is 10.5. The smallest absolute Gasteiger partial charge is 0.139 e. The minimum Gasteiger partial charge on any atom is -0.388 e. The number of aromatic nitrogens is 2. The van der Waals surface area contributed by atoms with Crippen LogP contribution in [-0.2, 0) is 13.0 Å². The summed E-state index contributed by atoms with van der Waals surface area (Å²) in [5.41, 5.74) is 10.7. The van der Waals surface area contributed by atoms with E-state index < -0.39 is 0 Å². The van der Waals surface area contributed by atoms with Crippen LogP contribution in [-0.4, -0.2) is 36.6 Å². The maximum atomic E-state index is 4.66. The summed E-state index contributed by atoms with van der Waals surface area (Å²) in [6.45, 7) is 10.0. The highest BCUT2D eigenvalue weighted by atomic mass is 15.1. The zero-order chi connectivity index (χ0) is 27.7. The molecule has 0 radical (unpaired) electrons. The summed E-state index contributed by atoms with van der Waals surface area (Å²) in [6, 6.07) is 21.6. The van der Waals surface area contributed by atoms with Gasteiger partial charge in [0.1, 0.15) is 5.65 Å². The molecule has 0 atom stereocenters. The number of benzene rings is 2. The molecule has 1 aliphatic heterocycles. The maximum absolute atomic E-state index is 4.66. The molecule has 5 heteroatoms. The number of pyridine rings is 1. The molecule has 1 fully saturated rings. The zero-order valence-corrected chi connectivity index (χ0v) is 23.8. The van der Waals surface area contributed by atoms with Crippen LogP contribution in [0, 0.1) is 0 Å². The van der Waals surface area contributed by atoms with E-state index in [-0.39, 0.29) is 0 Å². The number of aromatic amines is 1. The standard InChI is InChI=1S/C35H41N5/c1-4-26(24-37-25-27-12-8-6-9-13-27)20-28(5-2)29-14-15-33(36-3)30(21-29)22-31-23-32-34(16-17-38-35(32)39-31)40-18-10-7-11-19-40/h4-6,8-9,12-17,20-21,23,36-37H,1,7,10-11,18-19,22,24-25H2,2-3H3,(H,38,39)/b26-20+,28-5+. The van der Waals surface area contributed by atoms with Crippen molar-refractivity contribution in [3.8, 4) is 0 Å². The lowest BCUT2D eigenvalue weighted by Gasteiger charge is -2.29. The fourth-order valence-electron chi connectivity index (χ4n) is 5.60. The molecule has 206 valence electrons. The molecular formula is C35H41N5. The summed E-state index contributed by atoms with van der Waals surface area (Å²) in [5.74, 6) is 0. The number of fused-ring (bicyclic) bond motifs is 1. The van der Waals surface area contributed by atoms with Gasteiger partial charge in [-0.25, -0.2) is 4.98 Å². The maximum Gasteiger partial charge on any atom is 0.139 e. The lowest BCUT2D eigenvalue weighted by atomic mass is 9.97. The van der Waals surface area contributed by atoms with Crippen molar-refractivity contribution in [2.75, 3.05) is 36.9 Å². The van der Waals surface area contributed by atoms with E-state index in [2.05, 4.69) is 106 Å². The summed E-state index contributed by atoms with van der Waals surface area (Å²) in [6.07, 6.45) is 12.9. The van der Waals surface area contributed by atoms with Crippen LogP contribution in [0.15, 0.2) is 97.2 Å². The Labute approximate surface area is 238 Å². The van der Waals surface area contributed by atoms with Crippen molar-refractivity contribution in [3.63, 3.8) is 0 Å². The lowest BCUT2D eigenvalue weighted by Crippen LogP contribution is -2.29. The molecule has 0 aliphatic carbocycles. The van der Waals surface area contributed by atoms with Gasteiger partial charge in [-0.05, 0) is 78.3 Å². The average Bonchev–Trinajstić information content (AvgIpc) is 3.42. The normalized spacial score (nSPS) is 14.5. The molecule has 0 bridgehead atoms. The summed E-state index contributed by atoms with van der Waals surface area (Å²) < 4.78 is 0. The number of nitrogens with one attached hydrogen (secondary N) is 3. The summed E-state index contributed by atoms with van der Waals surface area (Å²) in [4.78, 5) is 10.8.